The van der Waals surface area contributed by atoms with Gasteiger partial charge in [0.15, 0.2) is 0 Å². The van der Waals surface area contributed by atoms with E-state index in [1.165, 1.54) is 0 Å². The number of amides is 1. The number of carboxylic acids is 1. The van der Waals surface area contributed by atoms with Crippen molar-refractivity contribution in [3.05, 3.63) is 49.1 Å². The summed E-state index contributed by atoms with van der Waals surface area (Å²) < 4.78 is 1.67. The molecule has 0 atom stereocenters. The van der Waals surface area contributed by atoms with E-state index in [-0.39, 0.29) is 18.4 Å². The van der Waals surface area contributed by atoms with Crippen LogP contribution in [0.4, 0.5) is 11.5 Å². The average Bonchev–Trinajstić information content (AvgIpc) is 3.10. The normalized spacial score (nSPS) is 14.9. The molecule has 1 aliphatic heterocycles. The minimum absolute atomic E-state index is 0.0168. The highest BCUT2D eigenvalue weighted by Gasteiger charge is 2.25. The fourth-order valence-electron chi connectivity index (χ4n) is 3.63. The summed E-state index contributed by atoms with van der Waals surface area (Å²) in [6.07, 6.45) is 8.34. The van der Waals surface area contributed by atoms with Gasteiger partial charge in [0.25, 0.3) is 0 Å². The number of hydrogen-bond acceptors (Lipinski definition) is 5. The first kappa shape index (κ1) is 18.0. The number of aliphatic carboxylic acids is 1. The van der Waals surface area contributed by atoms with Gasteiger partial charge in [0.2, 0.25) is 5.91 Å². The fourth-order valence-corrected chi connectivity index (χ4v) is 3.63. The van der Waals surface area contributed by atoms with Crippen LogP contribution < -0.4 is 10.2 Å². The van der Waals surface area contributed by atoms with Crippen molar-refractivity contribution in [2.75, 3.05) is 23.3 Å². The Bertz CT molecular complexity index is 994. The van der Waals surface area contributed by atoms with E-state index in [2.05, 4.69) is 20.2 Å². The zero-order valence-corrected chi connectivity index (χ0v) is 15.3. The zero-order valence-electron chi connectivity index (χ0n) is 15.3. The van der Waals surface area contributed by atoms with Crippen molar-refractivity contribution in [2.45, 2.75) is 19.4 Å². The number of carboxylic acid groups (broad SMARTS) is 1. The molecule has 4 rings (SSSR count). The summed E-state index contributed by atoms with van der Waals surface area (Å²) in [5.74, 6) is -0.0660. The maximum absolute atomic E-state index is 12.7. The molecule has 144 valence electrons. The van der Waals surface area contributed by atoms with Crippen LogP contribution in [-0.4, -0.2) is 44.6 Å². The van der Waals surface area contributed by atoms with Crippen LogP contribution in [0.15, 0.2) is 49.1 Å². The van der Waals surface area contributed by atoms with Gasteiger partial charge in [0.1, 0.15) is 12.4 Å². The van der Waals surface area contributed by atoms with Crippen LogP contribution in [0.25, 0.3) is 10.9 Å². The highest BCUT2D eigenvalue weighted by atomic mass is 16.4. The minimum atomic E-state index is -0.886. The van der Waals surface area contributed by atoms with E-state index >= 15 is 0 Å². The third kappa shape index (κ3) is 3.80. The van der Waals surface area contributed by atoms with E-state index in [9.17, 15) is 9.59 Å². The standard InChI is InChI=1S/C20H21N5O3/c26-19(27)13-25-10-5-15-11-16(1-2-17(15)25)23-20(28)14-3-8-24(9-4-14)18-12-21-6-7-22-18/h1-2,5-7,10-12,14H,3-4,8-9,13H2,(H,23,28)(H,26,27). The van der Waals surface area contributed by atoms with Crippen molar-refractivity contribution < 1.29 is 14.7 Å². The summed E-state index contributed by atoms with van der Waals surface area (Å²) in [5, 5.41) is 12.9. The van der Waals surface area contributed by atoms with Crippen molar-refractivity contribution in [2.24, 2.45) is 5.92 Å². The van der Waals surface area contributed by atoms with E-state index in [4.69, 9.17) is 5.11 Å². The van der Waals surface area contributed by atoms with Crippen molar-refractivity contribution in [3.63, 3.8) is 0 Å². The topological polar surface area (TPSA) is 100 Å². The molecule has 1 saturated heterocycles. The van der Waals surface area contributed by atoms with Gasteiger partial charge in [-0.3, -0.25) is 14.6 Å². The number of nitrogens with one attached hydrogen (secondary N) is 1. The van der Waals surface area contributed by atoms with Crippen molar-refractivity contribution in [3.8, 4) is 0 Å². The van der Waals surface area contributed by atoms with Crippen molar-refractivity contribution in [1.82, 2.24) is 14.5 Å². The highest BCUT2D eigenvalue weighted by Crippen LogP contribution is 2.24. The Morgan fingerprint density at radius 3 is 2.71 bits per heavy atom. The predicted octanol–water partition coefficient (Wildman–Crippen LogP) is 2.37. The lowest BCUT2D eigenvalue weighted by Gasteiger charge is -2.31. The molecule has 8 nitrogen and oxygen atoms in total. The van der Waals surface area contributed by atoms with Crippen molar-refractivity contribution in [1.29, 1.82) is 0 Å². The molecule has 3 aromatic rings. The van der Waals surface area contributed by atoms with Gasteiger partial charge < -0.3 is 19.9 Å². The van der Waals surface area contributed by atoms with E-state index in [1.807, 2.05) is 24.3 Å². The Hall–Kier alpha value is -3.42. The molecule has 3 heterocycles. The number of rotatable bonds is 5. The molecular formula is C20H21N5O3. The van der Waals surface area contributed by atoms with Crippen molar-refractivity contribution >= 4 is 34.3 Å². The zero-order chi connectivity index (χ0) is 19.5. The van der Waals surface area contributed by atoms with Crippen LogP contribution >= 0.6 is 0 Å². The van der Waals surface area contributed by atoms with Gasteiger partial charge >= 0.3 is 5.97 Å². The molecule has 28 heavy (non-hydrogen) atoms. The second kappa shape index (κ2) is 7.67. The largest absolute Gasteiger partial charge is 0.480 e. The summed E-state index contributed by atoms with van der Waals surface area (Å²) in [6, 6.07) is 7.38. The first-order valence-electron chi connectivity index (χ1n) is 9.22. The first-order chi connectivity index (χ1) is 13.6. The number of carbonyl (C=O) groups is 2. The lowest BCUT2D eigenvalue weighted by Crippen LogP contribution is -2.38. The maximum atomic E-state index is 12.7. The average molecular weight is 379 g/mol. The van der Waals surface area contributed by atoms with Crippen LogP contribution in [0.1, 0.15) is 12.8 Å². The first-order valence-corrected chi connectivity index (χ1v) is 9.22. The number of anilines is 2. The summed E-state index contributed by atoms with van der Waals surface area (Å²) in [4.78, 5) is 34.1. The fraction of sp³-hybridized carbons (Fsp3) is 0.300. The molecule has 2 aromatic heterocycles. The minimum Gasteiger partial charge on any atom is -0.480 e. The number of benzene rings is 1. The van der Waals surface area contributed by atoms with Gasteiger partial charge in [0, 0.05) is 54.2 Å². The van der Waals surface area contributed by atoms with Crippen LogP contribution in [0.5, 0.6) is 0 Å². The third-order valence-electron chi connectivity index (χ3n) is 5.08. The predicted molar refractivity (Wildman–Crippen MR) is 105 cm³/mol. The molecule has 1 fully saturated rings. The Labute approximate surface area is 161 Å². The molecule has 0 aliphatic carbocycles. The Morgan fingerprint density at radius 2 is 2.00 bits per heavy atom. The monoisotopic (exact) mass is 379 g/mol. The second-order valence-electron chi connectivity index (χ2n) is 6.93. The van der Waals surface area contributed by atoms with Crippen LogP contribution in [-0.2, 0) is 16.1 Å². The molecule has 1 aromatic carbocycles. The Balaban J connectivity index is 1.38. The number of nitrogens with zero attached hydrogens (tertiary/aromatic N) is 4. The SMILES string of the molecule is O=C(O)Cn1ccc2cc(NC(=O)C3CCN(c4cnccn4)CC3)ccc21. The molecule has 8 heteroatoms. The molecule has 0 bridgehead atoms. The third-order valence-corrected chi connectivity index (χ3v) is 5.08. The van der Waals surface area contributed by atoms with Crippen LogP contribution in [0.3, 0.4) is 0 Å². The van der Waals surface area contributed by atoms with Crippen LogP contribution in [0, 0.1) is 5.92 Å². The van der Waals surface area contributed by atoms with Gasteiger partial charge in [-0.05, 0) is 37.1 Å². The molecule has 0 unspecified atom stereocenters. The molecule has 0 spiro atoms. The number of piperidine rings is 1. The van der Waals surface area contributed by atoms with Gasteiger partial charge in [-0.15, -0.1) is 0 Å². The summed E-state index contributed by atoms with van der Waals surface area (Å²) in [5.41, 5.74) is 1.56. The van der Waals surface area contributed by atoms with Gasteiger partial charge in [-0.2, -0.15) is 0 Å². The molecule has 1 amide bonds. The molecule has 0 saturated carbocycles. The number of fused-ring (bicyclic) bond motifs is 1. The molecular weight excluding hydrogens is 358 g/mol. The van der Waals surface area contributed by atoms with E-state index in [0.29, 0.717) is 0 Å². The number of hydrogen-bond donors (Lipinski definition) is 2. The summed E-state index contributed by atoms with van der Waals surface area (Å²) in [7, 11) is 0. The van der Waals surface area contributed by atoms with Crippen LogP contribution in [0.2, 0.25) is 0 Å². The Kier molecular flexibility index (Phi) is 4.92. The Morgan fingerprint density at radius 1 is 1.18 bits per heavy atom. The second-order valence-corrected chi connectivity index (χ2v) is 6.93. The molecule has 2 N–H and O–H groups in total. The quantitative estimate of drug-likeness (QED) is 0.706. The lowest BCUT2D eigenvalue weighted by molar-refractivity contribution is -0.137. The molecule has 1 aliphatic rings. The smallest absolute Gasteiger partial charge is 0.323 e. The van der Waals surface area contributed by atoms with Gasteiger partial charge in [0.05, 0.1) is 6.20 Å². The lowest BCUT2D eigenvalue weighted by atomic mass is 9.96. The van der Waals surface area contributed by atoms with E-state index in [0.717, 1.165) is 48.3 Å². The van der Waals surface area contributed by atoms with Gasteiger partial charge in [-0.1, -0.05) is 0 Å². The number of carbonyl (C=O) groups excluding carboxylic acids is 1. The highest BCUT2D eigenvalue weighted by molar-refractivity contribution is 5.95. The summed E-state index contributed by atoms with van der Waals surface area (Å²) >= 11 is 0. The summed E-state index contributed by atoms with van der Waals surface area (Å²) in [6.45, 7) is 1.46. The van der Waals surface area contributed by atoms with E-state index in [1.54, 1.807) is 29.4 Å². The van der Waals surface area contributed by atoms with E-state index < -0.39 is 5.97 Å². The maximum Gasteiger partial charge on any atom is 0.323 e. The number of aromatic nitrogens is 3. The van der Waals surface area contributed by atoms with Gasteiger partial charge in [-0.25, -0.2) is 4.98 Å². The molecule has 0 radical (unpaired) electrons.